The molecular weight excluding hydrogens is 243 g/mol. The lowest BCUT2D eigenvalue weighted by atomic mass is 10.1. The van der Waals surface area contributed by atoms with Crippen molar-refractivity contribution in [1.29, 1.82) is 5.26 Å². The Morgan fingerprint density at radius 2 is 2.05 bits per heavy atom. The van der Waals surface area contributed by atoms with E-state index in [4.69, 9.17) is 5.26 Å². The Morgan fingerprint density at radius 3 is 2.79 bits per heavy atom. The van der Waals surface area contributed by atoms with E-state index in [0.717, 1.165) is 0 Å². The summed E-state index contributed by atoms with van der Waals surface area (Å²) < 4.78 is 13.5. The third-order valence-corrected chi connectivity index (χ3v) is 2.67. The zero-order valence-corrected chi connectivity index (χ0v) is 10.5. The minimum atomic E-state index is -0.226. The Hall–Kier alpha value is -2.48. The van der Waals surface area contributed by atoms with Crippen LogP contribution in [0.4, 0.5) is 10.2 Å². The molecule has 2 aromatic rings. The van der Waals surface area contributed by atoms with Crippen LogP contribution in [0.1, 0.15) is 18.2 Å². The van der Waals surface area contributed by atoms with Crippen molar-refractivity contribution < 1.29 is 4.39 Å². The van der Waals surface area contributed by atoms with Crippen molar-refractivity contribution >= 4 is 5.82 Å². The molecule has 0 fully saturated rings. The van der Waals surface area contributed by atoms with Crippen molar-refractivity contribution in [2.24, 2.45) is 0 Å². The maximum absolute atomic E-state index is 13.5. The van der Waals surface area contributed by atoms with Crippen molar-refractivity contribution in [2.75, 3.05) is 5.32 Å². The molecule has 1 unspecified atom stereocenters. The first-order chi connectivity index (χ1) is 9.20. The second kappa shape index (κ2) is 5.91. The van der Waals surface area contributed by atoms with Crippen LogP contribution in [0.5, 0.6) is 0 Å². The normalized spacial score (nSPS) is 11.6. The van der Waals surface area contributed by atoms with Crippen LogP contribution in [0.3, 0.4) is 0 Å². The van der Waals surface area contributed by atoms with Gasteiger partial charge in [0.15, 0.2) is 11.5 Å². The lowest BCUT2D eigenvalue weighted by Gasteiger charge is -2.15. The van der Waals surface area contributed by atoms with Gasteiger partial charge in [-0.3, -0.25) is 0 Å². The van der Waals surface area contributed by atoms with Crippen LogP contribution in [-0.2, 0) is 6.42 Å². The van der Waals surface area contributed by atoms with Gasteiger partial charge in [-0.1, -0.05) is 18.2 Å². The molecule has 0 spiro atoms. The van der Waals surface area contributed by atoms with Gasteiger partial charge in [0, 0.05) is 18.4 Å². The van der Waals surface area contributed by atoms with E-state index in [0.29, 0.717) is 17.8 Å². The molecule has 0 saturated heterocycles. The van der Waals surface area contributed by atoms with Gasteiger partial charge in [0.05, 0.1) is 0 Å². The van der Waals surface area contributed by atoms with E-state index in [1.54, 1.807) is 18.2 Å². The summed E-state index contributed by atoms with van der Waals surface area (Å²) in [6, 6.07) is 8.55. The highest BCUT2D eigenvalue weighted by Gasteiger charge is 2.10. The molecule has 0 radical (unpaired) electrons. The van der Waals surface area contributed by atoms with Gasteiger partial charge in [-0.15, -0.1) is 0 Å². The zero-order valence-electron chi connectivity index (χ0n) is 10.5. The third-order valence-electron chi connectivity index (χ3n) is 2.67. The van der Waals surface area contributed by atoms with E-state index >= 15 is 0 Å². The SMILES string of the molecule is CC(Cc1ccccc1F)Nc1nccnc1C#N. The number of hydrogen-bond acceptors (Lipinski definition) is 4. The number of nitrogens with one attached hydrogen (secondary N) is 1. The Bertz CT molecular complexity index is 606. The average molecular weight is 256 g/mol. The van der Waals surface area contributed by atoms with Crippen molar-refractivity contribution in [3.05, 3.63) is 53.7 Å². The van der Waals surface area contributed by atoms with Gasteiger partial charge < -0.3 is 5.32 Å². The van der Waals surface area contributed by atoms with E-state index in [1.807, 2.05) is 13.0 Å². The Balaban J connectivity index is 2.08. The molecule has 0 aliphatic carbocycles. The van der Waals surface area contributed by atoms with Gasteiger partial charge in [-0.25, -0.2) is 14.4 Å². The maximum Gasteiger partial charge on any atom is 0.182 e. The zero-order chi connectivity index (χ0) is 13.7. The quantitative estimate of drug-likeness (QED) is 0.913. The molecule has 0 amide bonds. The maximum atomic E-state index is 13.5. The summed E-state index contributed by atoms with van der Waals surface area (Å²) in [5.41, 5.74) is 0.868. The molecule has 96 valence electrons. The van der Waals surface area contributed by atoms with E-state index in [9.17, 15) is 4.39 Å². The number of halogens is 1. The summed E-state index contributed by atoms with van der Waals surface area (Å²) in [5.74, 6) is 0.199. The van der Waals surface area contributed by atoms with Gasteiger partial charge in [0.2, 0.25) is 0 Å². The van der Waals surface area contributed by atoms with Crippen LogP contribution < -0.4 is 5.32 Å². The highest BCUT2D eigenvalue weighted by molar-refractivity contribution is 5.47. The second-order valence-electron chi connectivity index (χ2n) is 4.21. The minimum Gasteiger partial charge on any atom is -0.365 e. The summed E-state index contributed by atoms with van der Waals surface area (Å²) >= 11 is 0. The second-order valence-corrected chi connectivity index (χ2v) is 4.21. The van der Waals surface area contributed by atoms with Gasteiger partial charge in [-0.2, -0.15) is 5.26 Å². The smallest absolute Gasteiger partial charge is 0.182 e. The van der Waals surface area contributed by atoms with Crippen LogP contribution in [0.2, 0.25) is 0 Å². The fraction of sp³-hybridized carbons (Fsp3) is 0.214. The molecule has 0 saturated carbocycles. The predicted octanol–water partition coefficient (Wildman–Crippen LogP) is 2.53. The molecule has 19 heavy (non-hydrogen) atoms. The molecule has 1 aromatic carbocycles. The molecule has 4 nitrogen and oxygen atoms in total. The first-order valence-corrected chi connectivity index (χ1v) is 5.91. The monoisotopic (exact) mass is 256 g/mol. The number of aromatic nitrogens is 2. The summed E-state index contributed by atoms with van der Waals surface area (Å²) in [4.78, 5) is 7.98. The van der Waals surface area contributed by atoms with Crippen molar-refractivity contribution in [1.82, 2.24) is 9.97 Å². The van der Waals surface area contributed by atoms with Crippen molar-refractivity contribution in [3.63, 3.8) is 0 Å². The standard InChI is InChI=1S/C14H13FN4/c1-10(8-11-4-2-3-5-12(11)15)19-14-13(9-16)17-6-7-18-14/h2-7,10H,8H2,1H3,(H,18,19). The molecule has 0 bridgehead atoms. The first-order valence-electron chi connectivity index (χ1n) is 5.91. The van der Waals surface area contributed by atoms with Gasteiger partial charge in [0.25, 0.3) is 0 Å². The number of benzene rings is 1. The number of hydrogen-bond donors (Lipinski definition) is 1. The predicted molar refractivity (Wildman–Crippen MR) is 69.9 cm³/mol. The van der Waals surface area contributed by atoms with Crippen LogP contribution in [-0.4, -0.2) is 16.0 Å². The number of nitriles is 1. The molecule has 1 atom stereocenters. The fourth-order valence-corrected chi connectivity index (χ4v) is 1.80. The fourth-order valence-electron chi connectivity index (χ4n) is 1.80. The summed E-state index contributed by atoms with van der Waals surface area (Å²) in [5, 5.41) is 12.0. The largest absolute Gasteiger partial charge is 0.365 e. The molecular formula is C14H13FN4. The molecule has 0 aliphatic heterocycles. The third kappa shape index (κ3) is 3.26. The molecule has 1 aromatic heterocycles. The molecule has 2 rings (SSSR count). The van der Waals surface area contributed by atoms with Crippen LogP contribution >= 0.6 is 0 Å². The molecule has 0 aliphatic rings. The highest BCUT2D eigenvalue weighted by Crippen LogP contribution is 2.13. The number of nitrogens with zero attached hydrogens (tertiary/aromatic N) is 3. The van der Waals surface area contributed by atoms with E-state index < -0.39 is 0 Å². The topological polar surface area (TPSA) is 61.6 Å². The van der Waals surface area contributed by atoms with Crippen LogP contribution in [0.15, 0.2) is 36.7 Å². The van der Waals surface area contributed by atoms with E-state index in [1.165, 1.54) is 18.5 Å². The highest BCUT2D eigenvalue weighted by atomic mass is 19.1. The number of anilines is 1. The van der Waals surface area contributed by atoms with Crippen LogP contribution in [0.25, 0.3) is 0 Å². The van der Waals surface area contributed by atoms with Crippen molar-refractivity contribution in [3.8, 4) is 6.07 Å². The molecule has 1 N–H and O–H groups in total. The summed E-state index contributed by atoms with van der Waals surface area (Å²) in [6.07, 6.45) is 3.48. The first kappa shape index (κ1) is 13.0. The van der Waals surface area contributed by atoms with Gasteiger partial charge >= 0.3 is 0 Å². The van der Waals surface area contributed by atoms with Gasteiger partial charge in [-0.05, 0) is 25.0 Å². The van der Waals surface area contributed by atoms with E-state index in [-0.39, 0.29) is 17.6 Å². The summed E-state index contributed by atoms with van der Waals surface area (Å²) in [7, 11) is 0. The Morgan fingerprint density at radius 1 is 1.32 bits per heavy atom. The lowest BCUT2D eigenvalue weighted by molar-refractivity contribution is 0.601. The average Bonchev–Trinajstić information content (AvgIpc) is 2.42. The lowest BCUT2D eigenvalue weighted by Crippen LogP contribution is -2.20. The summed E-state index contributed by atoms with van der Waals surface area (Å²) in [6.45, 7) is 1.91. The Kier molecular flexibility index (Phi) is 4.04. The van der Waals surface area contributed by atoms with E-state index in [2.05, 4.69) is 15.3 Å². The minimum absolute atomic E-state index is 0.0549. The van der Waals surface area contributed by atoms with Gasteiger partial charge in [0.1, 0.15) is 11.9 Å². The number of rotatable bonds is 4. The molecule has 1 heterocycles. The van der Waals surface area contributed by atoms with Crippen LogP contribution in [0, 0.1) is 17.1 Å². The molecule has 5 heteroatoms. The van der Waals surface area contributed by atoms with Crippen molar-refractivity contribution in [2.45, 2.75) is 19.4 Å². The Labute approximate surface area is 110 Å².